The summed E-state index contributed by atoms with van der Waals surface area (Å²) in [5.74, 6) is 0.898. The minimum absolute atomic E-state index is 0.366. The molecule has 0 aliphatic heterocycles. The average molecular weight is 312 g/mol. The Balaban J connectivity index is 1.56. The Morgan fingerprint density at radius 3 is 2.57 bits per heavy atom. The minimum atomic E-state index is 0.366. The summed E-state index contributed by atoms with van der Waals surface area (Å²) in [5.41, 5.74) is 1.42. The van der Waals surface area contributed by atoms with Crippen LogP contribution in [0.4, 0.5) is 0 Å². The molecule has 2 aromatic rings. The van der Waals surface area contributed by atoms with Gasteiger partial charge in [0.25, 0.3) is 0 Å². The van der Waals surface area contributed by atoms with E-state index in [2.05, 4.69) is 43.3 Å². The number of hydrogen-bond donors (Lipinski definition) is 0. The van der Waals surface area contributed by atoms with Crippen molar-refractivity contribution in [1.29, 1.82) is 0 Å². The molecule has 0 radical (unpaired) electrons. The maximum Gasteiger partial charge on any atom is 0.189 e. The third-order valence-electron chi connectivity index (χ3n) is 4.78. The van der Waals surface area contributed by atoms with Crippen molar-refractivity contribution in [3.63, 3.8) is 0 Å². The molecule has 0 saturated heterocycles. The first kappa shape index (κ1) is 16.3. The highest BCUT2D eigenvalue weighted by molar-refractivity contribution is 5.84. The lowest BCUT2D eigenvalue weighted by Crippen LogP contribution is -2.19. The second-order valence-corrected chi connectivity index (χ2v) is 6.64. The van der Waals surface area contributed by atoms with Crippen molar-refractivity contribution in [3.8, 4) is 5.75 Å². The van der Waals surface area contributed by atoms with Crippen molar-refractivity contribution in [3.05, 3.63) is 42.0 Å². The van der Waals surface area contributed by atoms with E-state index in [0.717, 1.165) is 5.75 Å². The molecule has 0 unspecified atom stereocenters. The fraction of sp³-hybridized carbons (Fsp3) is 0.524. The highest BCUT2D eigenvalue weighted by atomic mass is 16.7. The summed E-state index contributed by atoms with van der Waals surface area (Å²) in [4.78, 5) is 0. The number of fused-ring (bicyclic) bond motifs is 1. The lowest BCUT2D eigenvalue weighted by Gasteiger charge is -2.21. The van der Waals surface area contributed by atoms with Crippen LogP contribution in [0.2, 0.25) is 0 Å². The number of aryl methyl sites for hydroxylation is 1. The zero-order chi connectivity index (χ0) is 15.9. The third-order valence-corrected chi connectivity index (χ3v) is 4.78. The van der Waals surface area contributed by atoms with Crippen LogP contribution >= 0.6 is 0 Å². The van der Waals surface area contributed by atoms with Gasteiger partial charge in [-0.05, 0) is 54.2 Å². The van der Waals surface area contributed by atoms with Gasteiger partial charge in [0.1, 0.15) is 5.75 Å². The summed E-state index contributed by atoms with van der Waals surface area (Å²) in [6.45, 7) is 2.60. The van der Waals surface area contributed by atoms with E-state index in [4.69, 9.17) is 9.47 Å². The van der Waals surface area contributed by atoms with Crippen LogP contribution in [0.25, 0.3) is 10.8 Å². The lowest BCUT2D eigenvalue weighted by atomic mass is 9.98. The van der Waals surface area contributed by atoms with E-state index < -0.39 is 0 Å². The Hall–Kier alpha value is -1.54. The normalized spacial score (nSPS) is 15.9. The summed E-state index contributed by atoms with van der Waals surface area (Å²) in [6.07, 6.45) is 10.4. The van der Waals surface area contributed by atoms with E-state index in [9.17, 15) is 0 Å². The molecule has 2 aromatic carbocycles. The molecule has 0 bridgehead atoms. The van der Waals surface area contributed by atoms with Gasteiger partial charge < -0.3 is 9.47 Å². The molecule has 0 N–H and O–H groups in total. The maximum atomic E-state index is 5.84. The summed E-state index contributed by atoms with van der Waals surface area (Å²) in [5, 5.41) is 2.53. The van der Waals surface area contributed by atoms with Crippen molar-refractivity contribution in [1.82, 2.24) is 0 Å². The second kappa shape index (κ2) is 8.35. The maximum absolute atomic E-state index is 5.84. The van der Waals surface area contributed by atoms with Crippen LogP contribution in [0.1, 0.15) is 57.4 Å². The smallest absolute Gasteiger partial charge is 0.189 e. The van der Waals surface area contributed by atoms with Crippen LogP contribution in [0.3, 0.4) is 0 Å². The van der Waals surface area contributed by atoms with Gasteiger partial charge in [-0.2, -0.15) is 0 Å². The molecule has 23 heavy (non-hydrogen) atoms. The van der Waals surface area contributed by atoms with Gasteiger partial charge in [0, 0.05) is 0 Å². The molecule has 124 valence electrons. The van der Waals surface area contributed by atoms with E-state index in [0.29, 0.717) is 12.9 Å². The van der Waals surface area contributed by atoms with E-state index in [1.54, 1.807) is 0 Å². The van der Waals surface area contributed by atoms with Gasteiger partial charge in [-0.1, -0.05) is 56.9 Å². The zero-order valence-corrected chi connectivity index (χ0v) is 14.2. The van der Waals surface area contributed by atoms with Crippen molar-refractivity contribution >= 4 is 10.8 Å². The topological polar surface area (TPSA) is 18.5 Å². The summed E-state index contributed by atoms with van der Waals surface area (Å²) in [7, 11) is 0. The Labute approximate surface area is 139 Å². The molecule has 0 aromatic heterocycles. The number of hydrogen-bond acceptors (Lipinski definition) is 2. The molecule has 0 atom stereocenters. The van der Waals surface area contributed by atoms with Crippen molar-refractivity contribution < 1.29 is 9.47 Å². The molecule has 1 aliphatic carbocycles. The van der Waals surface area contributed by atoms with E-state index in [1.807, 2.05) is 0 Å². The molecule has 1 fully saturated rings. The van der Waals surface area contributed by atoms with Gasteiger partial charge in [0.15, 0.2) is 6.79 Å². The van der Waals surface area contributed by atoms with E-state index in [-0.39, 0.29) is 0 Å². The molecule has 0 amide bonds. The van der Waals surface area contributed by atoms with Gasteiger partial charge in [0.2, 0.25) is 0 Å². The first-order valence-electron chi connectivity index (χ1n) is 9.12. The van der Waals surface area contributed by atoms with E-state index in [1.165, 1.54) is 67.7 Å². The molecule has 0 spiro atoms. The van der Waals surface area contributed by atoms with Crippen LogP contribution in [-0.4, -0.2) is 12.9 Å². The van der Waals surface area contributed by atoms with Gasteiger partial charge in [-0.3, -0.25) is 0 Å². The van der Waals surface area contributed by atoms with Crippen LogP contribution in [0.5, 0.6) is 5.75 Å². The first-order valence-corrected chi connectivity index (χ1v) is 9.12. The van der Waals surface area contributed by atoms with Crippen LogP contribution in [-0.2, 0) is 11.2 Å². The second-order valence-electron chi connectivity index (χ2n) is 6.64. The fourth-order valence-electron chi connectivity index (χ4n) is 3.33. The Bertz CT molecular complexity index is 614. The molecule has 3 rings (SSSR count). The van der Waals surface area contributed by atoms with Gasteiger partial charge >= 0.3 is 0 Å². The standard InChI is InChI=1S/C21H28O2/c1-2-3-7-17-10-11-19-15-21(13-12-18(19)14-17)23-16-22-20-8-5-4-6-9-20/h10-15,20H,2-9,16H2,1H3. The zero-order valence-electron chi connectivity index (χ0n) is 14.2. The van der Waals surface area contributed by atoms with Crippen LogP contribution in [0.15, 0.2) is 36.4 Å². The molecule has 2 nitrogen and oxygen atoms in total. The first-order chi connectivity index (χ1) is 11.3. The average Bonchev–Trinajstić information content (AvgIpc) is 2.61. The number of rotatable bonds is 7. The van der Waals surface area contributed by atoms with Gasteiger partial charge in [-0.25, -0.2) is 0 Å². The summed E-state index contributed by atoms with van der Waals surface area (Å²) >= 11 is 0. The summed E-state index contributed by atoms with van der Waals surface area (Å²) in [6, 6.07) is 13.1. The lowest BCUT2D eigenvalue weighted by molar-refractivity contribution is -0.0496. The van der Waals surface area contributed by atoms with Crippen molar-refractivity contribution in [2.45, 2.75) is 64.4 Å². The quantitative estimate of drug-likeness (QED) is 0.595. The van der Waals surface area contributed by atoms with Crippen LogP contribution in [0, 0.1) is 0 Å². The molecule has 2 heteroatoms. The Morgan fingerprint density at radius 2 is 1.74 bits per heavy atom. The molecule has 1 aliphatic rings. The molecule has 1 saturated carbocycles. The monoisotopic (exact) mass is 312 g/mol. The largest absolute Gasteiger partial charge is 0.468 e. The van der Waals surface area contributed by atoms with Crippen molar-refractivity contribution in [2.24, 2.45) is 0 Å². The molecular formula is C21H28O2. The van der Waals surface area contributed by atoms with E-state index >= 15 is 0 Å². The SMILES string of the molecule is CCCCc1ccc2cc(OCOC3CCCCC3)ccc2c1. The molecule has 0 heterocycles. The van der Waals surface area contributed by atoms with Gasteiger partial charge in [0.05, 0.1) is 6.10 Å². The number of unbranched alkanes of at least 4 members (excludes halogenated alkanes) is 1. The van der Waals surface area contributed by atoms with Gasteiger partial charge in [-0.15, -0.1) is 0 Å². The van der Waals surface area contributed by atoms with Crippen LogP contribution < -0.4 is 4.74 Å². The predicted octanol–water partition coefficient (Wildman–Crippen LogP) is 5.87. The minimum Gasteiger partial charge on any atom is -0.468 e. The predicted molar refractivity (Wildman–Crippen MR) is 96.0 cm³/mol. The summed E-state index contributed by atoms with van der Waals surface area (Å²) < 4.78 is 11.6. The Morgan fingerprint density at radius 1 is 0.957 bits per heavy atom. The fourth-order valence-corrected chi connectivity index (χ4v) is 3.33. The number of ether oxygens (including phenoxy) is 2. The van der Waals surface area contributed by atoms with Crippen molar-refractivity contribution in [2.75, 3.05) is 6.79 Å². The Kier molecular flexibility index (Phi) is 5.93. The molecular weight excluding hydrogens is 284 g/mol. The third kappa shape index (κ3) is 4.71. The highest BCUT2D eigenvalue weighted by Gasteiger charge is 2.13. The highest BCUT2D eigenvalue weighted by Crippen LogP contribution is 2.24. The number of benzene rings is 2.